The third kappa shape index (κ3) is 5.80. The zero-order valence-electron chi connectivity index (χ0n) is 17.4. The summed E-state index contributed by atoms with van der Waals surface area (Å²) in [6.45, 7) is 1.99. The minimum Gasteiger partial charge on any atom is -0.482 e. The zero-order chi connectivity index (χ0) is 22.9. The molecule has 3 rings (SSSR count). The summed E-state index contributed by atoms with van der Waals surface area (Å²) in [7, 11) is 0. The molecule has 0 spiro atoms. The van der Waals surface area contributed by atoms with E-state index in [-0.39, 0.29) is 29.7 Å². The number of carbonyl (C=O) groups is 1. The molecule has 3 aromatic rings. The van der Waals surface area contributed by atoms with Crippen molar-refractivity contribution in [2.45, 2.75) is 19.6 Å². The Hall–Kier alpha value is -4.44. The number of nitro groups is 1. The molecular weight excluding hydrogens is 406 g/mol. The highest BCUT2D eigenvalue weighted by Crippen LogP contribution is 2.29. The maximum atomic E-state index is 12.5. The van der Waals surface area contributed by atoms with Crippen molar-refractivity contribution < 1.29 is 14.5 Å². The molecule has 3 aromatic carbocycles. The van der Waals surface area contributed by atoms with Crippen LogP contribution >= 0.6 is 0 Å². The number of ether oxygens (including phenoxy) is 1. The van der Waals surface area contributed by atoms with Crippen LogP contribution in [0.15, 0.2) is 84.4 Å². The number of carbonyl (C=O) groups excluding carboxylic acids is 1. The number of amides is 1. The Labute approximate surface area is 185 Å². The van der Waals surface area contributed by atoms with Crippen LogP contribution < -0.4 is 10.1 Å². The van der Waals surface area contributed by atoms with Crippen LogP contribution in [0.2, 0.25) is 0 Å². The van der Waals surface area contributed by atoms with Gasteiger partial charge in [-0.3, -0.25) is 14.9 Å². The fourth-order valence-electron chi connectivity index (χ4n) is 3.04. The lowest BCUT2D eigenvalue weighted by molar-refractivity contribution is -0.386. The van der Waals surface area contributed by atoms with Crippen LogP contribution in [0.1, 0.15) is 29.7 Å². The molecule has 0 aliphatic heterocycles. The average molecular weight is 427 g/mol. The van der Waals surface area contributed by atoms with E-state index in [9.17, 15) is 20.2 Å². The van der Waals surface area contributed by atoms with Gasteiger partial charge in [0.15, 0.2) is 5.75 Å². The summed E-state index contributed by atoms with van der Waals surface area (Å²) < 4.78 is 5.61. The SMILES string of the molecule is C[C@H](NC(=O)/C(C#N)=C\c1ccc(OCc2ccccc2)c([N+](=O)[O-])c1)c1ccccc1. The van der Waals surface area contributed by atoms with Crippen LogP contribution in [0.4, 0.5) is 5.69 Å². The second kappa shape index (κ2) is 10.5. The minimum atomic E-state index is -0.559. The fourth-order valence-corrected chi connectivity index (χ4v) is 3.04. The zero-order valence-corrected chi connectivity index (χ0v) is 17.4. The molecule has 32 heavy (non-hydrogen) atoms. The van der Waals surface area contributed by atoms with Gasteiger partial charge >= 0.3 is 5.69 Å². The monoisotopic (exact) mass is 427 g/mol. The molecule has 0 fully saturated rings. The summed E-state index contributed by atoms with van der Waals surface area (Å²) in [6.07, 6.45) is 1.32. The Morgan fingerprint density at radius 1 is 1.12 bits per heavy atom. The molecule has 7 heteroatoms. The molecule has 0 saturated carbocycles. The fraction of sp³-hybridized carbons (Fsp3) is 0.120. The van der Waals surface area contributed by atoms with E-state index in [0.717, 1.165) is 11.1 Å². The number of benzene rings is 3. The smallest absolute Gasteiger partial charge is 0.311 e. The van der Waals surface area contributed by atoms with Crippen LogP contribution in [0.3, 0.4) is 0 Å². The number of hydrogen-bond donors (Lipinski definition) is 1. The van der Waals surface area contributed by atoms with E-state index >= 15 is 0 Å². The summed E-state index contributed by atoms with van der Waals surface area (Å²) >= 11 is 0. The predicted octanol–water partition coefficient (Wildman–Crippen LogP) is 4.96. The van der Waals surface area contributed by atoms with Gasteiger partial charge in [-0.15, -0.1) is 0 Å². The van der Waals surface area contributed by atoms with E-state index in [1.54, 1.807) is 6.07 Å². The van der Waals surface area contributed by atoms with E-state index in [0.29, 0.717) is 5.56 Å². The van der Waals surface area contributed by atoms with Gasteiger partial charge in [0.05, 0.1) is 11.0 Å². The second-order valence-corrected chi connectivity index (χ2v) is 7.03. The van der Waals surface area contributed by atoms with E-state index in [4.69, 9.17) is 4.74 Å². The van der Waals surface area contributed by atoms with Crippen molar-refractivity contribution in [3.05, 3.63) is 111 Å². The van der Waals surface area contributed by atoms with Gasteiger partial charge in [0.1, 0.15) is 18.2 Å². The number of nitro benzene ring substituents is 1. The highest BCUT2D eigenvalue weighted by Gasteiger charge is 2.18. The molecule has 160 valence electrons. The molecule has 0 bridgehead atoms. The lowest BCUT2D eigenvalue weighted by Gasteiger charge is -2.13. The van der Waals surface area contributed by atoms with Crippen LogP contribution in [0, 0.1) is 21.4 Å². The first kappa shape index (κ1) is 22.2. The molecule has 0 unspecified atom stereocenters. The summed E-state index contributed by atoms with van der Waals surface area (Å²) in [5.74, 6) is -0.451. The van der Waals surface area contributed by atoms with Crippen LogP contribution in [0.5, 0.6) is 5.75 Å². The highest BCUT2D eigenvalue weighted by atomic mass is 16.6. The van der Waals surface area contributed by atoms with Crippen molar-refractivity contribution in [1.82, 2.24) is 5.32 Å². The first-order valence-corrected chi connectivity index (χ1v) is 9.90. The Morgan fingerprint density at radius 3 is 2.41 bits per heavy atom. The Balaban J connectivity index is 1.78. The largest absolute Gasteiger partial charge is 0.482 e. The van der Waals surface area contributed by atoms with E-state index in [1.165, 1.54) is 18.2 Å². The third-order valence-corrected chi connectivity index (χ3v) is 4.74. The van der Waals surface area contributed by atoms with Crippen LogP contribution in [-0.4, -0.2) is 10.8 Å². The number of nitrogens with one attached hydrogen (secondary N) is 1. The summed E-state index contributed by atoms with van der Waals surface area (Å²) in [5.41, 5.74) is 1.73. The Kier molecular flexibility index (Phi) is 7.33. The van der Waals surface area contributed by atoms with E-state index in [1.807, 2.05) is 73.7 Å². The van der Waals surface area contributed by atoms with E-state index < -0.39 is 10.8 Å². The number of hydrogen-bond acceptors (Lipinski definition) is 5. The van der Waals surface area contributed by atoms with Gasteiger partial charge in [-0.2, -0.15) is 5.26 Å². The summed E-state index contributed by atoms with van der Waals surface area (Å²) in [5, 5.41) is 23.8. The van der Waals surface area contributed by atoms with Crippen molar-refractivity contribution in [3.63, 3.8) is 0 Å². The standard InChI is InChI=1S/C25H21N3O4/c1-18(21-10-6-3-7-11-21)27-25(29)22(16-26)14-20-12-13-24(23(15-20)28(30)31)32-17-19-8-4-2-5-9-19/h2-15,18H,17H2,1H3,(H,27,29)/b22-14-/t18-/m0/s1. The van der Waals surface area contributed by atoms with Gasteiger partial charge in [-0.1, -0.05) is 66.7 Å². The molecule has 1 atom stereocenters. The normalized spacial score (nSPS) is 11.8. The molecule has 0 aliphatic carbocycles. The molecule has 0 aromatic heterocycles. The van der Waals surface area contributed by atoms with Crippen molar-refractivity contribution in [3.8, 4) is 11.8 Å². The Bertz CT molecular complexity index is 1170. The first-order chi connectivity index (χ1) is 15.5. The Morgan fingerprint density at radius 2 is 1.78 bits per heavy atom. The van der Waals surface area contributed by atoms with Gasteiger partial charge in [0.2, 0.25) is 0 Å². The number of nitrogens with zero attached hydrogens (tertiary/aromatic N) is 2. The molecule has 0 radical (unpaired) electrons. The third-order valence-electron chi connectivity index (χ3n) is 4.74. The van der Waals surface area contributed by atoms with Crippen LogP contribution in [0.25, 0.3) is 6.08 Å². The van der Waals surface area contributed by atoms with Gasteiger partial charge in [0.25, 0.3) is 5.91 Å². The lowest BCUT2D eigenvalue weighted by Crippen LogP contribution is -2.27. The minimum absolute atomic E-state index is 0.108. The second-order valence-electron chi connectivity index (χ2n) is 7.03. The predicted molar refractivity (Wildman–Crippen MR) is 120 cm³/mol. The molecule has 1 amide bonds. The molecule has 0 heterocycles. The van der Waals surface area contributed by atoms with Gasteiger partial charge in [-0.05, 0) is 35.8 Å². The van der Waals surface area contributed by atoms with E-state index in [2.05, 4.69) is 5.32 Å². The molecule has 1 N–H and O–H groups in total. The topological polar surface area (TPSA) is 105 Å². The van der Waals surface area contributed by atoms with Crippen LogP contribution in [-0.2, 0) is 11.4 Å². The highest BCUT2D eigenvalue weighted by molar-refractivity contribution is 6.01. The van der Waals surface area contributed by atoms with Gasteiger partial charge in [-0.25, -0.2) is 0 Å². The van der Waals surface area contributed by atoms with Gasteiger partial charge < -0.3 is 10.1 Å². The molecule has 0 saturated heterocycles. The van der Waals surface area contributed by atoms with Crippen molar-refractivity contribution in [2.24, 2.45) is 0 Å². The molecular formula is C25H21N3O4. The maximum Gasteiger partial charge on any atom is 0.311 e. The van der Waals surface area contributed by atoms with Crippen molar-refractivity contribution in [1.29, 1.82) is 5.26 Å². The average Bonchev–Trinajstić information content (AvgIpc) is 2.82. The first-order valence-electron chi connectivity index (χ1n) is 9.90. The molecule has 7 nitrogen and oxygen atoms in total. The summed E-state index contributed by atoms with van der Waals surface area (Å²) in [6, 6.07) is 24.5. The quantitative estimate of drug-likeness (QED) is 0.237. The van der Waals surface area contributed by atoms with Crippen molar-refractivity contribution >= 4 is 17.7 Å². The number of nitriles is 1. The van der Waals surface area contributed by atoms with Gasteiger partial charge in [0, 0.05) is 6.07 Å². The molecule has 0 aliphatic rings. The summed E-state index contributed by atoms with van der Waals surface area (Å²) in [4.78, 5) is 23.5. The lowest BCUT2D eigenvalue weighted by atomic mass is 10.1. The van der Waals surface area contributed by atoms with Crippen molar-refractivity contribution in [2.75, 3.05) is 0 Å². The number of rotatable bonds is 8. The maximum absolute atomic E-state index is 12.5.